The largest absolute Gasteiger partial charge is 0.462 e. The second kappa shape index (κ2) is 9.71. The Morgan fingerprint density at radius 2 is 1.77 bits per heavy atom. The van der Waals surface area contributed by atoms with Gasteiger partial charge < -0.3 is 10.1 Å². The van der Waals surface area contributed by atoms with E-state index in [2.05, 4.69) is 5.32 Å². The summed E-state index contributed by atoms with van der Waals surface area (Å²) in [4.78, 5) is 25.0. The highest BCUT2D eigenvalue weighted by atomic mass is 32.2. The molecule has 7 nitrogen and oxygen atoms in total. The maximum atomic E-state index is 13.3. The number of carbonyl (C=O) groups excluding carboxylic acids is 2. The van der Waals surface area contributed by atoms with Gasteiger partial charge in [0.2, 0.25) is 15.9 Å². The first-order valence-corrected chi connectivity index (χ1v) is 11.3. The maximum absolute atomic E-state index is 13.3. The number of hydrogen-bond donors (Lipinski definition) is 1. The van der Waals surface area contributed by atoms with Gasteiger partial charge >= 0.3 is 5.97 Å². The average molecular weight is 437 g/mol. The van der Waals surface area contributed by atoms with Gasteiger partial charge in [0.15, 0.2) is 0 Å². The molecule has 0 fully saturated rings. The summed E-state index contributed by atoms with van der Waals surface area (Å²) in [6, 6.07) is 8.53. The number of amides is 1. The molecule has 1 N–H and O–H groups in total. The van der Waals surface area contributed by atoms with Gasteiger partial charge in [-0.25, -0.2) is 17.6 Å². The van der Waals surface area contributed by atoms with E-state index in [-0.39, 0.29) is 24.3 Å². The van der Waals surface area contributed by atoms with Crippen molar-refractivity contribution >= 4 is 33.3 Å². The van der Waals surface area contributed by atoms with Crippen LogP contribution in [-0.4, -0.2) is 39.2 Å². The number of nitrogens with one attached hydrogen (secondary N) is 1. The number of rotatable bonds is 8. The minimum absolute atomic E-state index is 0.174. The molecule has 0 spiro atoms. The van der Waals surface area contributed by atoms with Crippen LogP contribution >= 0.6 is 0 Å². The van der Waals surface area contributed by atoms with Gasteiger partial charge in [0.05, 0.1) is 24.1 Å². The zero-order valence-corrected chi connectivity index (χ0v) is 18.1. The number of carbonyl (C=O) groups is 2. The Hall–Kier alpha value is -2.94. The van der Waals surface area contributed by atoms with Crippen LogP contribution in [0.3, 0.4) is 0 Å². The number of sulfonamides is 1. The van der Waals surface area contributed by atoms with Crippen molar-refractivity contribution in [3.8, 4) is 0 Å². The van der Waals surface area contributed by atoms with Gasteiger partial charge in [-0.3, -0.25) is 9.10 Å². The number of ether oxygens (including phenoxy) is 1. The Morgan fingerprint density at radius 1 is 1.13 bits per heavy atom. The van der Waals surface area contributed by atoms with E-state index in [9.17, 15) is 22.4 Å². The SMILES string of the molecule is CCOC(=O)c1ccc(C)c(NC(=O)[C@@H](CC)N(c2ccc(F)cc2)S(C)(=O)=O)c1. The van der Waals surface area contributed by atoms with Gasteiger partial charge in [0.25, 0.3) is 0 Å². The van der Waals surface area contributed by atoms with E-state index in [1.54, 1.807) is 32.9 Å². The smallest absolute Gasteiger partial charge is 0.338 e. The zero-order chi connectivity index (χ0) is 22.5. The van der Waals surface area contributed by atoms with Crippen LogP contribution in [0.4, 0.5) is 15.8 Å². The molecule has 0 saturated carbocycles. The van der Waals surface area contributed by atoms with Crippen LogP contribution in [0.2, 0.25) is 0 Å². The van der Waals surface area contributed by atoms with E-state index < -0.39 is 33.8 Å². The third kappa shape index (κ3) is 5.56. The lowest BCUT2D eigenvalue weighted by Crippen LogP contribution is -2.47. The van der Waals surface area contributed by atoms with Crippen LogP contribution in [-0.2, 0) is 19.6 Å². The topological polar surface area (TPSA) is 92.8 Å². The first-order chi connectivity index (χ1) is 14.1. The maximum Gasteiger partial charge on any atom is 0.338 e. The molecule has 0 aromatic heterocycles. The van der Waals surface area contributed by atoms with Gasteiger partial charge in [-0.05, 0) is 62.2 Å². The van der Waals surface area contributed by atoms with E-state index in [0.717, 1.165) is 22.7 Å². The summed E-state index contributed by atoms with van der Waals surface area (Å²) < 4.78 is 44.1. The predicted octanol–water partition coefficient (Wildman–Crippen LogP) is 3.49. The van der Waals surface area contributed by atoms with E-state index in [0.29, 0.717) is 11.3 Å². The number of nitrogens with zero attached hydrogens (tertiary/aromatic N) is 1. The average Bonchev–Trinajstić information content (AvgIpc) is 2.67. The molecular formula is C21H25FN2O5S. The van der Waals surface area contributed by atoms with Crippen LogP contribution in [0, 0.1) is 12.7 Å². The highest BCUT2D eigenvalue weighted by molar-refractivity contribution is 7.92. The lowest BCUT2D eigenvalue weighted by atomic mass is 10.1. The molecular weight excluding hydrogens is 411 g/mol. The van der Waals surface area contributed by atoms with E-state index in [1.807, 2.05) is 0 Å². The van der Waals surface area contributed by atoms with Crippen molar-refractivity contribution in [3.63, 3.8) is 0 Å². The summed E-state index contributed by atoms with van der Waals surface area (Å²) in [5, 5.41) is 2.71. The normalized spacial score (nSPS) is 12.2. The summed E-state index contributed by atoms with van der Waals surface area (Å²) in [5.74, 6) is -1.61. The second-order valence-corrected chi connectivity index (χ2v) is 8.56. The molecule has 1 atom stereocenters. The van der Waals surface area contributed by atoms with Crippen molar-refractivity contribution in [2.24, 2.45) is 0 Å². The lowest BCUT2D eigenvalue weighted by Gasteiger charge is -2.30. The molecule has 162 valence electrons. The highest BCUT2D eigenvalue weighted by Gasteiger charge is 2.31. The Labute approximate surface area is 175 Å². The molecule has 0 bridgehead atoms. The predicted molar refractivity (Wildman–Crippen MR) is 114 cm³/mol. The summed E-state index contributed by atoms with van der Waals surface area (Å²) in [5.41, 5.74) is 1.51. The van der Waals surface area contributed by atoms with Crippen LogP contribution in [0.5, 0.6) is 0 Å². The van der Waals surface area contributed by atoms with Crippen molar-refractivity contribution in [3.05, 3.63) is 59.4 Å². The quantitative estimate of drug-likeness (QED) is 0.640. The van der Waals surface area contributed by atoms with Gasteiger partial charge in [0, 0.05) is 5.69 Å². The van der Waals surface area contributed by atoms with E-state index in [4.69, 9.17) is 4.74 Å². The Bertz CT molecular complexity index is 1020. The number of benzene rings is 2. The summed E-state index contributed by atoms with van der Waals surface area (Å²) >= 11 is 0. The molecule has 30 heavy (non-hydrogen) atoms. The van der Waals surface area contributed by atoms with Crippen molar-refractivity contribution in [1.82, 2.24) is 0 Å². The molecule has 0 aliphatic carbocycles. The number of aryl methyl sites for hydroxylation is 1. The van der Waals surface area contributed by atoms with Gasteiger partial charge in [-0.2, -0.15) is 0 Å². The Kier molecular flexibility index (Phi) is 7.55. The Balaban J connectivity index is 2.38. The third-order valence-corrected chi connectivity index (χ3v) is 5.60. The number of anilines is 2. The van der Waals surface area contributed by atoms with Gasteiger partial charge in [-0.15, -0.1) is 0 Å². The number of halogens is 1. The lowest BCUT2D eigenvalue weighted by molar-refractivity contribution is -0.117. The molecule has 0 aliphatic heterocycles. The van der Waals surface area contributed by atoms with Crippen molar-refractivity contribution in [1.29, 1.82) is 0 Å². The Morgan fingerprint density at radius 3 is 2.30 bits per heavy atom. The first-order valence-electron chi connectivity index (χ1n) is 9.42. The molecule has 1 amide bonds. The minimum atomic E-state index is -3.84. The molecule has 2 rings (SSSR count). The fraction of sp³-hybridized carbons (Fsp3) is 0.333. The molecule has 0 saturated heterocycles. The van der Waals surface area contributed by atoms with Gasteiger partial charge in [0.1, 0.15) is 11.9 Å². The van der Waals surface area contributed by atoms with Gasteiger partial charge in [-0.1, -0.05) is 13.0 Å². The summed E-state index contributed by atoms with van der Waals surface area (Å²) in [6.07, 6.45) is 1.16. The molecule has 0 radical (unpaired) electrons. The highest BCUT2D eigenvalue weighted by Crippen LogP contribution is 2.25. The fourth-order valence-electron chi connectivity index (χ4n) is 2.96. The third-order valence-electron chi connectivity index (χ3n) is 4.42. The second-order valence-electron chi connectivity index (χ2n) is 6.70. The van der Waals surface area contributed by atoms with Crippen LogP contribution in [0.25, 0.3) is 0 Å². The van der Waals surface area contributed by atoms with Crippen LogP contribution in [0.15, 0.2) is 42.5 Å². The standard InChI is InChI=1S/C21H25FN2O5S/c1-5-19(24(30(4,27)28)17-11-9-16(22)10-12-17)20(25)23-18-13-15(8-7-14(18)3)21(26)29-6-2/h7-13,19H,5-6H2,1-4H3,(H,23,25)/t19-/m1/s1. The summed E-state index contributed by atoms with van der Waals surface area (Å²) in [7, 11) is -3.84. The molecule has 0 unspecified atom stereocenters. The van der Waals surface area contributed by atoms with Crippen molar-refractivity contribution in [2.75, 3.05) is 22.5 Å². The minimum Gasteiger partial charge on any atom is -0.462 e. The van der Waals surface area contributed by atoms with Crippen LogP contribution < -0.4 is 9.62 Å². The van der Waals surface area contributed by atoms with E-state index in [1.165, 1.54) is 18.2 Å². The zero-order valence-electron chi connectivity index (χ0n) is 17.3. The molecule has 2 aromatic carbocycles. The van der Waals surface area contributed by atoms with Crippen LogP contribution in [0.1, 0.15) is 36.2 Å². The molecule has 0 heterocycles. The molecule has 2 aromatic rings. The fourth-order valence-corrected chi connectivity index (χ4v) is 4.17. The summed E-state index contributed by atoms with van der Waals surface area (Å²) in [6.45, 7) is 5.33. The first kappa shape index (κ1) is 23.3. The van der Waals surface area contributed by atoms with Crippen molar-refractivity contribution in [2.45, 2.75) is 33.2 Å². The molecule has 9 heteroatoms. The van der Waals surface area contributed by atoms with Crippen molar-refractivity contribution < 1.29 is 27.1 Å². The number of hydrogen-bond acceptors (Lipinski definition) is 5. The molecule has 0 aliphatic rings. The monoisotopic (exact) mass is 436 g/mol. The van der Waals surface area contributed by atoms with E-state index >= 15 is 0 Å². The number of esters is 1.